The van der Waals surface area contributed by atoms with Crippen LogP contribution in [0.15, 0.2) is 5.51 Å². The van der Waals surface area contributed by atoms with Crippen molar-refractivity contribution in [2.75, 3.05) is 20.3 Å². The Kier molecular flexibility index (Phi) is 5.83. The average Bonchev–Trinajstić information content (AvgIpc) is 2.63. The van der Waals surface area contributed by atoms with E-state index in [1.807, 2.05) is 5.51 Å². The summed E-state index contributed by atoms with van der Waals surface area (Å²) in [5.41, 5.74) is 3.08. The molecule has 0 radical (unpaired) electrons. The lowest BCUT2D eigenvalue weighted by molar-refractivity contribution is 0.165. The zero-order valence-corrected chi connectivity index (χ0v) is 10.6. The summed E-state index contributed by atoms with van der Waals surface area (Å²) in [4.78, 5) is 5.62. The van der Waals surface area contributed by atoms with Gasteiger partial charge in [-0.05, 0) is 19.8 Å². The lowest BCUT2D eigenvalue weighted by atomic mass is 10.2. The highest BCUT2D eigenvalue weighted by molar-refractivity contribution is 7.09. The molecule has 3 nitrogen and oxygen atoms in total. The van der Waals surface area contributed by atoms with Gasteiger partial charge in [0.1, 0.15) is 0 Å². The van der Waals surface area contributed by atoms with E-state index in [1.54, 1.807) is 18.4 Å². The van der Waals surface area contributed by atoms with Gasteiger partial charge in [0.25, 0.3) is 0 Å². The van der Waals surface area contributed by atoms with Gasteiger partial charge in [-0.1, -0.05) is 6.92 Å². The number of hydrogen-bond acceptors (Lipinski definition) is 4. The monoisotopic (exact) mass is 228 g/mol. The Bertz CT molecular complexity index is 275. The normalized spacial score (nSPS) is 13.0. The fraction of sp³-hybridized carbons (Fsp3) is 0.727. The summed E-state index contributed by atoms with van der Waals surface area (Å²) in [6.45, 7) is 6.04. The van der Waals surface area contributed by atoms with Crippen LogP contribution in [0, 0.1) is 6.92 Å². The molecule has 0 saturated carbocycles. The summed E-state index contributed by atoms with van der Waals surface area (Å²) in [6.07, 6.45) is 2.17. The number of nitrogens with one attached hydrogen (secondary N) is 1. The second-order valence-electron chi connectivity index (χ2n) is 3.63. The highest BCUT2D eigenvalue weighted by Crippen LogP contribution is 2.12. The Morgan fingerprint density at radius 1 is 1.60 bits per heavy atom. The summed E-state index contributed by atoms with van der Waals surface area (Å²) in [5, 5.41) is 3.49. The summed E-state index contributed by atoms with van der Waals surface area (Å²) >= 11 is 1.74. The Hall–Kier alpha value is -0.450. The third-order valence-corrected chi connectivity index (χ3v) is 3.49. The molecule has 0 aromatic carbocycles. The van der Waals surface area contributed by atoms with Gasteiger partial charge in [0.2, 0.25) is 0 Å². The highest BCUT2D eigenvalue weighted by Gasteiger charge is 2.05. The van der Waals surface area contributed by atoms with Gasteiger partial charge in [0.05, 0.1) is 17.8 Å². The number of thiazole rings is 1. The van der Waals surface area contributed by atoms with Crippen molar-refractivity contribution in [3.05, 3.63) is 16.1 Å². The molecule has 0 bridgehead atoms. The number of rotatable bonds is 7. The van der Waals surface area contributed by atoms with Crippen molar-refractivity contribution in [2.45, 2.75) is 32.7 Å². The summed E-state index contributed by atoms with van der Waals surface area (Å²) < 4.78 is 5.13. The first-order valence-corrected chi connectivity index (χ1v) is 6.27. The molecule has 0 spiro atoms. The summed E-state index contributed by atoms with van der Waals surface area (Å²) in [7, 11) is 1.75. The van der Waals surface area contributed by atoms with E-state index >= 15 is 0 Å². The molecule has 1 N–H and O–H groups in total. The fourth-order valence-electron chi connectivity index (χ4n) is 1.48. The number of aryl methyl sites for hydroxylation is 1. The molecule has 0 aliphatic heterocycles. The van der Waals surface area contributed by atoms with Crippen molar-refractivity contribution >= 4 is 11.3 Å². The van der Waals surface area contributed by atoms with Crippen molar-refractivity contribution < 1.29 is 4.74 Å². The molecule has 1 atom stereocenters. The van der Waals surface area contributed by atoms with E-state index in [2.05, 4.69) is 24.1 Å². The molecule has 15 heavy (non-hydrogen) atoms. The van der Waals surface area contributed by atoms with E-state index in [1.165, 1.54) is 10.6 Å². The molecule has 1 aromatic heterocycles. The quantitative estimate of drug-likeness (QED) is 0.775. The van der Waals surface area contributed by atoms with E-state index in [-0.39, 0.29) is 0 Å². The first-order valence-electron chi connectivity index (χ1n) is 5.39. The third-order valence-electron chi connectivity index (χ3n) is 2.49. The van der Waals surface area contributed by atoms with Crippen LogP contribution in [0.25, 0.3) is 0 Å². The van der Waals surface area contributed by atoms with Crippen LogP contribution in [0.1, 0.15) is 23.9 Å². The van der Waals surface area contributed by atoms with Crippen molar-refractivity contribution in [1.82, 2.24) is 10.3 Å². The maximum Gasteiger partial charge on any atom is 0.0797 e. The van der Waals surface area contributed by atoms with Gasteiger partial charge in [0, 0.05) is 24.6 Å². The first-order chi connectivity index (χ1) is 7.27. The van der Waals surface area contributed by atoms with Crippen LogP contribution in [-0.2, 0) is 11.2 Å². The van der Waals surface area contributed by atoms with E-state index in [4.69, 9.17) is 4.74 Å². The molecule has 0 fully saturated rings. The lowest BCUT2D eigenvalue weighted by Gasteiger charge is -2.15. The molecule has 0 amide bonds. The molecular weight excluding hydrogens is 208 g/mol. The minimum absolute atomic E-state index is 0.475. The molecule has 0 aliphatic carbocycles. The molecule has 1 aromatic rings. The molecular formula is C11H20N2OS. The van der Waals surface area contributed by atoms with Crippen LogP contribution in [0.2, 0.25) is 0 Å². The second kappa shape index (κ2) is 6.93. The van der Waals surface area contributed by atoms with E-state index < -0.39 is 0 Å². The fourth-order valence-corrected chi connectivity index (χ4v) is 2.26. The van der Waals surface area contributed by atoms with Crippen LogP contribution < -0.4 is 5.32 Å². The van der Waals surface area contributed by atoms with Crippen LogP contribution in [0.4, 0.5) is 0 Å². The number of nitrogens with zero attached hydrogens (tertiary/aromatic N) is 1. The van der Waals surface area contributed by atoms with Gasteiger partial charge in [-0.3, -0.25) is 0 Å². The smallest absolute Gasteiger partial charge is 0.0797 e. The first kappa shape index (κ1) is 12.6. The molecule has 4 heteroatoms. The van der Waals surface area contributed by atoms with E-state index in [0.717, 1.165) is 26.0 Å². The van der Waals surface area contributed by atoms with Crippen LogP contribution in [0.3, 0.4) is 0 Å². The maximum atomic E-state index is 5.13. The van der Waals surface area contributed by atoms with E-state index in [0.29, 0.717) is 6.04 Å². The number of ether oxygens (including phenoxy) is 1. The van der Waals surface area contributed by atoms with Crippen LogP contribution in [-0.4, -0.2) is 31.3 Å². The largest absolute Gasteiger partial charge is 0.383 e. The Balaban J connectivity index is 2.23. The van der Waals surface area contributed by atoms with Gasteiger partial charge in [-0.2, -0.15) is 0 Å². The van der Waals surface area contributed by atoms with Gasteiger partial charge in [0.15, 0.2) is 0 Å². The Morgan fingerprint density at radius 2 is 2.40 bits per heavy atom. The minimum atomic E-state index is 0.475. The number of hydrogen-bond donors (Lipinski definition) is 1. The maximum absolute atomic E-state index is 5.13. The van der Waals surface area contributed by atoms with Crippen molar-refractivity contribution in [1.29, 1.82) is 0 Å². The van der Waals surface area contributed by atoms with Gasteiger partial charge in [-0.15, -0.1) is 11.3 Å². The zero-order valence-electron chi connectivity index (χ0n) is 9.75. The average molecular weight is 228 g/mol. The Morgan fingerprint density at radius 3 is 2.93 bits per heavy atom. The number of aromatic nitrogens is 1. The zero-order chi connectivity index (χ0) is 11.1. The van der Waals surface area contributed by atoms with Gasteiger partial charge >= 0.3 is 0 Å². The SMILES string of the molecule is CCC(COC)NCCc1scnc1C. The lowest BCUT2D eigenvalue weighted by Crippen LogP contribution is -2.33. The molecule has 1 heterocycles. The van der Waals surface area contributed by atoms with E-state index in [9.17, 15) is 0 Å². The van der Waals surface area contributed by atoms with Crippen molar-refractivity contribution in [3.63, 3.8) is 0 Å². The topological polar surface area (TPSA) is 34.1 Å². The third kappa shape index (κ3) is 4.28. The number of methoxy groups -OCH3 is 1. The van der Waals surface area contributed by atoms with Crippen LogP contribution in [0.5, 0.6) is 0 Å². The predicted octanol–water partition coefficient (Wildman–Crippen LogP) is 2.01. The van der Waals surface area contributed by atoms with Crippen LogP contribution >= 0.6 is 11.3 Å². The van der Waals surface area contributed by atoms with Crippen molar-refractivity contribution in [3.8, 4) is 0 Å². The van der Waals surface area contributed by atoms with Gasteiger partial charge in [-0.25, -0.2) is 4.98 Å². The van der Waals surface area contributed by atoms with Crippen molar-refractivity contribution in [2.24, 2.45) is 0 Å². The Labute approximate surface area is 95.9 Å². The summed E-state index contributed by atoms with van der Waals surface area (Å²) in [5.74, 6) is 0. The molecule has 1 rings (SSSR count). The standard InChI is InChI=1S/C11H20N2OS/c1-4-10(7-14-3)12-6-5-11-9(2)13-8-15-11/h8,10,12H,4-7H2,1-3H3. The summed E-state index contributed by atoms with van der Waals surface area (Å²) in [6, 6.07) is 0.475. The molecule has 86 valence electrons. The molecule has 0 aliphatic rings. The molecule has 0 saturated heterocycles. The molecule has 1 unspecified atom stereocenters. The minimum Gasteiger partial charge on any atom is -0.383 e. The van der Waals surface area contributed by atoms with Gasteiger partial charge < -0.3 is 10.1 Å². The highest BCUT2D eigenvalue weighted by atomic mass is 32.1. The predicted molar refractivity (Wildman–Crippen MR) is 64.5 cm³/mol. The second-order valence-corrected chi connectivity index (χ2v) is 4.56.